The molecular formula is C30H34N3O6+. The van der Waals surface area contributed by atoms with Gasteiger partial charge in [0.05, 0.1) is 19.7 Å². The van der Waals surface area contributed by atoms with Crippen LogP contribution in [0, 0.1) is 5.92 Å². The second kappa shape index (κ2) is 11.9. The minimum absolute atomic E-state index is 0.0145. The van der Waals surface area contributed by atoms with Gasteiger partial charge in [-0.25, -0.2) is 9.59 Å². The summed E-state index contributed by atoms with van der Waals surface area (Å²) >= 11 is 0. The summed E-state index contributed by atoms with van der Waals surface area (Å²) in [5, 5.41) is 7.07. The second-order valence-corrected chi connectivity index (χ2v) is 10.4. The Morgan fingerprint density at radius 1 is 1.05 bits per heavy atom. The lowest BCUT2D eigenvalue weighted by Gasteiger charge is -2.51. The van der Waals surface area contributed by atoms with Crippen molar-refractivity contribution in [3.05, 3.63) is 89.3 Å². The van der Waals surface area contributed by atoms with Crippen molar-refractivity contribution in [1.29, 1.82) is 0 Å². The van der Waals surface area contributed by atoms with E-state index in [0.717, 1.165) is 37.1 Å². The zero-order valence-corrected chi connectivity index (χ0v) is 22.1. The minimum Gasteiger partial charge on any atom is -0.461 e. The molecule has 2 atom stereocenters. The Balaban J connectivity index is 1.25. The molecule has 3 aliphatic rings. The highest BCUT2D eigenvalue weighted by Gasteiger charge is 2.49. The van der Waals surface area contributed by atoms with E-state index in [1.807, 2.05) is 60.7 Å². The first-order valence-corrected chi connectivity index (χ1v) is 13.5. The summed E-state index contributed by atoms with van der Waals surface area (Å²) in [6.07, 6.45) is 1.48. The Kier molecular flexibility index (Phi) is 8.18. The lowest BCUT2D eigenvalue weighted by molar-refractivity contribution is -0.938. The summed E-state index contributed by atoms with van der Waals surface area (Å²) in [6, 6.07) is 20.3. The molecule has 3 aliphatic heterocycles. The number of rotatable bonds is 11. The van der Waals surface area contributed by atoms with Crippen molar-refractivity contribution in [2.45, 2.75) is 38.5 Å². The largest absolute Gasteiger partial charge is 0.461 e. The van der Waals surface area contributed by atoms with E-state index in [1.54, 1.807) is 6.92 Å². The van der Waals surface area contributed by atoms with Gasteiger partial charge in [-0.2, -0.15) is 0 Å². The fraction of sp³-hybridized carbons (Fsp3) is 0.400. The number of Topliss-reactive ketones (excluding diaryl/α,β-unsaturated/α-hetero) is 1. The average molecular weight is 533 g/mol. The van der Waals surface area contributed by atoms with Crippen LogP contribution < -0.4 is 5.32 Å². The van der Waals surface area contributed by atoms with Gasteiger partial charge in [0.2, 0.25) is 5.76 Å². The molecule has 2 bridgehead atoms. The molecule has 0 amide bonds. The van der Waals surface area contributed by atoms with Crippen molar-refractivity contribution in [2.75, 3.05) is 32.8 Å². The van der Waals surface area contributed by atoms with Crippen LogP contribution in [0.4, 0.5) is 0 Å². The van der Waals surface area contributed by atoms with Crippen LogP contribution in [0.3, 0.4) is 0 Å². The van der Waals surface area contributed by atoms with E-state index < -0.39 is 12.0 Å². The van der Waals surface area contributed by atoms with Gasteiger partial charge in [0.25, 0.3) is 5.78 Å². The maximum atomic E-state index is 13.6. The molecule has 0 aliphatic carbocycles. The molecular weight excluding hydrogens is 498 g/mol. The zero-order valence-electron chi connectivity index (χ0n) is 22.1. The smallest absolute Gasteiger partial charge is 0.360 e. The van der Waals surface area contributed by atoms with Crippen LogP contribution in [0.1, 0.15) is 58.0 Å². The number of aromatic nitrogens is 1. The van der Waals surface area contributed by atoms with Crippen molar-refractivity contribution in [3.63, 3.8) is 0 Å². The van der Waals surface area contributed by atoms with E-state index in [0.29, 0.717) is 17.6 Å². The quantitative estimate of drug-likeness (QED) is 0.226. The third-order valence-electron chi connectivity index (χ3n) is 7.78. The molecule has 0 spiro atoms. The Morgan fingerprint density at radius 2 is 1.74 bits per heavy atom. The summed E-state index contributed by atoms with van der Waals surface area (Å²) < 4.78 is 16.8. The lowest BCUT2D eigenvalue weighted by Crippen LogP contribution is -2.65. The number of quaternary nitrogens is 1. The first-order chi connectivity index (χ1) is 19.0. The molecule has 4 heterocycles. The predicted octanol–water partition coefficient (Wildman–Crippen LogP) is 3.72. The molecule has 0 saturated carbocycles. The topological polar surface area (TPSA) is 108 Å². The van der Waals surface area contributed by atoms with Gasteiger partial charge in [-0.1, -0.05) is 65.8 Å². The van der Waals surface area contributed by atoms with Gasteiger partial charge in [0.1, 0.15) is 19.1 Å². The van der Waals surface area contributed by atoms with Gasteiger partial charge in [0, 0.05) is 31.4 Å². The normalized spacial score (nSPS) is 22.7. The Morgan fingerprint density at radius 3 is 2.44 bits per heavy atom. The van der Waals surface area contributed by atoms with Crippen LogP contribution in [-0.4, -0.2) is 66.3 Å². The monoisotopic (exact) mass is 532 g/mol. The zero-order chi connectivity index (χ0) is 27.2. The van der Waals surface area contributed by atoms with Gasteiger partial charge in [0.15, 0.2) is 11.8 Å². The third-order valence-corrected chi connectivity index (χ3v) is 7.78. The third kappa shape index (κ3) is 6.26. The first-order valence-electron chi connectivity index (χ1n) is 13.5. The highest BCUT2D eigenvalue weighted by atomic mass is 16.5. The summed E-state index contributed by atoms with van der Waals surface area (Å²) in [7, 11) is 0. The highest BCUT2D eigenvalue weighted by Crippen LogP contribution is 2.36. The first kappa shape index (κ1) is 26.8. The van der Waals surface area contributed by atoms with E-state index in [4.69, 9.17) is 14.0 Å². The summed E-state index contributed by atoms with van der Waals surface area (Å²) in [5.41, 5.74) is 1.91. The number of benzene rings is 2. The summed E-state index contributed by atoms with van der Waals surface area (Å²) in [5.74, 6) is -0.840. The van der Waals surface area contributed by atoms with Crippen molar-refractivity contribution in [1.82, 2.24) is 10.5 Å². The Bertz CT molecular complexity index is 1280. The van der Waals surface area contributed by atoms with E-state index in [2.05, 4.69) is 10.5 Å². The number of hydrogen-bond acceptors (Lipinski definition) is 8. The SMILES string of the molecule is CCOC(=O)c1cc(C(=O)C[N+]23CCC(CC2)[C@@H](OC(=O)C(NCc2ccccc2)c2ccccc2)C3)on1. The summed E-state index contributed by atoms with van der Waals surface area (Å²) in [6.45, 7) is 4.88. The van der Waals surface area contributed by atoms with E-state index in [-0.39, 0.29) is 48.4 Å². The molecule has 6 rings (SSSR count). The molecule has 9 heteroatoms. The van der Waals surface area contributed by atoms with E-state index in [1.165, 1.54) is 6.07 Å². The minimum atomic E-state index is -0.619. The number of ketones is 1. The van der Waals surface area contributed by atoms with Crippen molar-refractivity contribution in [2.24, 2.45) is 5.92 Å². The number of nitrogens with zero attached hydrogens (tertiary/aromatic N) is 2. The van der Waals surface area contributed by atoms with Crippen LogP contribution >= 0.6 is 0 Å². The van der Waals surface area contributed by atoms with Crippen LogP contribution in [0.15, 0.2) is 71.3 Å². The van der Waals surface area contributed by atoms with Gasteiger partial charge in [-0.3, -0.25) is 10.1 Å². The lowest BCUT2D eigenvalue weighted by atomic mass is 9.83. The Hall–Kier alpha value is -3.82. The molecule has 39 heavy (non-hydrogen) atoms. The number of ether oxygens (including phenoxy) is 2. The number of nitrogens with one attached hydrogen (secondary N) is 1. The van der Waals surface area contributed by atoms with Gasteiger partial charge in [-0.05, 0) is 18.1 Å². The molecule has 1 unspecified atom stereocenters. The molecule has 204 valence electrons. The molecule has 3 saturated heterocycles. The molecule has 1 N–H and O–H groups in total. The highest BCUT2D eigenvalue weighted by molar-refractivity contribution is 5.97. The van der Waals surface area contributed by atoms with Crippen LogP contribution in [0.5, 0.6) is 0 Å². The molecule has 3 aromatic rings. The molecule has 9 nitrogen and oxygen atoms in total. The molecule has 2 aromatic carbocycles. The number of hydrogen-bond donors (Lipinski definition) is 1. The second-order valence-electron chi connectivity index (χ2n) is 10.4. The number of piperidine rings is 3. The van der Waals surface area contributed by atoms with E-state index >= 15 is 0 Å². The number of esters is 2. The number of fused-ring (bicyclic) bond motifs is 3. The van der Waals surface area contributed by atoms with Gasteiger partial charge in [-0.15, -0.1) is 0 Å². The van der Waals surface area contributed by atoms with E-state index in [9.17, 15) is 14.4 Å². The fourth-order valence-electron chi connectivity index (χ4n) is 5.68. The Labute approximate surface area is 227 Å². The average Bonchev–Trinajstić information content (AvgIpc) is 3.46. The summed E-state index contributed by atoms with van der Waals surface area (Å²) in [4.78, 5) is 38.6. The molecule has 3 fully saturated rings. The van der Waals surface area contributed by atoms with Crippen LogP contribution in [0.2, 0.25) is 0 Å². The van der Waals surface area contributed by atoms with Crippen LogP contribution in [0.25, 0.3) is 0 Å². The van der Waals surface area contributed by atoms with Crippen LogP contribution in [-0.2, 0) is 20.8 Å². The maximum absolute atomic E-state index is 13.6. The fourth-order valence-corrected chi connectivity index (χ4v) is 5.68. The number of carbonyl (C=O) groups is 3. The van der Waals surface area contributed by atoms with Crippen molar-refractivity contribution >= 4 is 17.7 Å². The van der Waals surface area contributed by atoms with Crippen molar-refractivity contribution in [3.8, 4) is 0 Å². The van der Waals surface area contributed by atoms with Gasteiger partial charge >= 0.3 is 11.9 Å². The van der Waals surface area contributed by atoms with Gasteiger partial charge < -0.3 is 18.5 Å². The predicted molar refractivity (Wildman–Crippen MR) is 142 cm³/mol. The number of carbonyl (C=O) groups excluding carboxylic acids is 3. The maximum Gasteiger partial charge on any atom is 0.360 e. The molecule has 1 aromatic heterocycles. The standard InChI is InChI=1S/C30H34N3O6/c1-2-37-29(35)24-17-26(39-32-24)25(34)19-33-15-13-22(14-16-33)27(20-33)38-30(36)28(23-11-7-4-8-12-23)31-18-21-9-5-3-6-10-21/h3-12,17,22,27-28,31H,2,13-16,18-20H2,1H3/q+1/t22?,27-,28?,33?/m0/s1. The molecule has 0 radical (unpaired) electrons. The van der Waals surface area contributed by atoms with Crippen molar-refractivity contribution < 1.29 is 32.9 Å².